The molecule has 1 fully saturated rings. The molecule has 4 rings (SSSR count). The van der Waals surface area contributed by atoms with Crippen molar-refractivity contribution in [2.24, 2.45) is 0 Å². The number of amides is 2. The van der Waals surface area contributed by atoms with Crippen molar-refractivity contribution >= 4 is 46.8 Å². The highest BCUT2D eigenvalue weighted by atomic mass is 35.5. The van der Waals surface area contributed by atoms with E-state index in [4.69, 9.17) is 27.9 Å². The van der Waals surface area contributed by atoms with Crippen LogP contribution in [0.1, 0.15) is 62.7 Å². The lowest BCUT2D eigenvalue weighted by atomic mass is 9.93. The molecule has 1 aliphatic heterocycles. The number of aromatic carboxylic acids is 1. The van der Waals surface area contributed by atoms with Crippen LogP contribution >= 0.6 is 23.2 Å². The first-order chi connectivity index (χ1) is 18.9. The molecule has 0 radical (unpaired) electrons. The molecule has 2 unspecified atom stereocenters. The van der Waals surface area contributed by atoms with Gasteiger partial charge in [-0.05, 0) is 38.8 Å². The van der Waals surface area contributed by atoms with E-state index < -0.39 is 29.4 Å². The molecule has 1 aromatic carbocycles. The van der Waals surface area contributed by atoms with E-state index >= 15 is 0 Å². The van der Waals surface area contributed by atoms with Crippen LogP contribution < -0.4 is 15.5 Å². The topological polar surface area (TPSA) is 137 Å². The van der Waals surface area contributed by atoms with E-state index in [9.17, 15) is 19.5 Å². The number of methoxy groups -OCH3 is 1. The number of hydrogen-bond acceptors (Lipinski definition) is 6. The smallest absolute Gasteiger partial charge is 0.336 e. The molecule has 12 heteroatoms. The van der Waals surface area contributed by atoms with Gasteiger partial charge >= 0.3 is 5.97 Å². The summed E-state index contributed by atoms with van der Waals surface area (Å²) in [6.07, 6.45) is 1.35. The van der Waals surface area contributed by atoms with Crippen LogP contribution in [0.5, 0.6) is 0 Å². The first-order valence-corrected chi connectivity index (χ1v) is 13.4. The van der Waals surface area contributed by atoms with Crippen LogP contribution in [0, 0.1) is 6.92 Å². The quantitative estimate of drug-likeness (QED) is 0.306. The Balaban J connectivity index is 1.49. The standard InChI is InChI=1S/C28H31Cl2N5O5/c1-15-22(29)23(30)24(32-15)26(37)33-19-10-11-35(14-20(19)40-4)21-12-17(27(38)39)18(13-31-21)25(36)34-28(2,3)16-8-6-5-7-9-16/h5-9,12-13,19-20,32H,10-11,14H2,1-4H3,(H,33,37)(H,34,36)(H,38,39). The minimum Gasteiger partial charge on any atom is -0.478 e. The Hall–Kier alpha value is -3.60. The maximum atomic E-state index is 13.1. The SMILES string of the molecule is COC1CN(c2cc(C(=O)O)c(C(=O)NC(C)(C)c3ccccc3)cn2)CCC1NC(=O)c1[nH]c(C)c(Cl)c1Cl. The number of H-pyrrole nitrogens is 1. The molecular formula is C28H31Cl2N5O5. The van der Waals surface area contributed by atoms with Crippen molar-refractivity contribution in [3.05, 3.63) is 80.7 Å². The Morgan fingerprint density at radius 2 is 1.82 bits per heavy atom. The first kappa shape index (κ1) is 29.4. The molecule has 40 heavy (non-hydrogen) atoms. The molecule has 3 heterocycles. The summed E-state index contributed by atoms with van der Waals surface area (Å²) < 4.78 is 5.65. The summed E-state index contributed by atoms with van der Waals surface area (Å²) in [7, 11) is 1.54. The van der Waals surface area contributed by atoms with Gasteiger partial charge in [-0.1, -0.05) is 53.5 Å². The summed E-state index contributed by atoms with van der Waals surface area (Å²) >= 11 is 12.3. The van der Waals surface area contributed by atoms with Gasteiger partial charge in [0, 0.05) is 32.1 Å². The molecule has 0 aliphatic carbocycles. The van der Waals surface area contributed by atoms with Crippen LogP contribution in [-0.2, 0) is 10.3 Å². The summed E-state index contributed by atoms with van der Waals surface area (Å²) in [6.45, 7) is 6.20. The second kappa shape index (κ2) is 11.9. The van der Waals surface area contributed by atoms with Crippen LogP contribution in [0.15, 0.2) is 42.6 Å². The van der Waals surface area contributed by atoms with Gasteiger partial charge in [0.05, 0.1) is 38.9 Å². The number of aromatic nitrogens is 2. The molecular weight excluding hydrogens is 557 g/mol. The number of benzene rings is 1. The third-order valence-corrected chi connectivity index (χ3v) is 8.02. The molecule has 2 amide bonds. The third-order valence-electron chi connectivity index (χ3n) is 7.07. The zero-order valence-electron chi connectivity index (χ0n) is 22.5. The number of pyridine rings is 1. The minimum atomic E-state index is -1.24. The number of ether oxygens (including phenoxy) is 1. The number of anilines is 1. The molecule has 0 spiro atoms. The van der Waals surface area contributed by atoms with Crippen LogP contribution in [-0.4, -0.2) is 65.2 Å². The maximum Gasteiger partial charge on any atom is 0.336 e. The van der Waals surface area contributed by atoms with E-state index in [1.165, 1.54) is 19.4 Å². The minimum absolute atomic E-state index is 0.0394. The van der Waals surface area contributed by atoms with Crippen molar-refractivity contribution in [1.82, 2.24) is 20.6 Å². The Morgan fingerprint density at radius 3 is 2.42 bits per heavy atom. The van der Waals surface area contributed by atoms with Gasteiger partial charge in [0.1, 0.15) is 11.5 Å². The van der Waals surface area contributed by atoms with Crippen molar-refractivity contribution in [2.75, 3.05) is 25.1 Å². The van der Waals surface area contributed by atoms with Gasteiger partial charge in [-0.2, -0.15) is 0 Å². The highest BCUT2D eigenvalue weighted by Gasteiger charge is 2.33. The molecule has 10 nitrogen and oxygen atoms in total. The zero-order chi connectivity index (χ0) is 29.2. The average molecular weight is 588 g/mol. The predicted octanol–water partition coefficient (Wildman–Crippen LogP) is 4.41. The number of aromatic amines is 1. The second-order valence-corrected chi connectivity index (χ2v) is 10.9. The maximum absolute atomic E-state index is 13.1. The second-order valence-electron chi connectivity index (χ2n) is 10.2. The van der Waals surface area contributed by atoms with Gasteiger partial charge < -0.3 is 30.4 Å². The van der Waals surface area contributed by atoms with E-state index in [-0.39, 0.29) is 27.9 Å². The molecule has 2 atom stereocenters. The van der Waals surface area contributed by atoms with Crippen molar-refractivity contribution in [3.8, 4) is 0 Å². The molecule has 1 aliphatic rings. The molecule has 4 N–H and O–H groups in total. The predicted molar refractivity (Wildman–Crippen MR) is 153 cm³/mol. The molecule has 2 aromatic heterocycles. The molecule has 0 bridgehead atoms. The van der Waals surface area contributed by atoms with Crippen LogP contribution in [0.2, 0.25) is 10.0 Å². The Bertz CT molecular complexity index is 1430. The number of rotatable bonds is 8. The van der Waals surface area contributed by atoms with Gasteiger partial charge in [0.15, 0.2) is 0 Å². The number of halogens is 2. The van der Waals surface area contributed by atoms with E-state index in [1.54, 1.807) is 6.92 Å². The number of carboxylic acids is 1. The summed E-state index contributed by atoms with van der Waals surface area (Å²) in [6, 6.07) is 10.5. The van der Waals surface area contributed by atoms with E-state index in [0.717, 1.165) is 5.56 Å². The summed E-state index contributed by atoms with van der Waals surface area (Å²) in [5.74, 6) is -1.80. The monoisotopic (exact) mass is 587 g/mol. The largest absolute Gasteiger partial charge is 0.478 e. The van der Waals surface area contributed by atoms with Crippen LogP contribution in [0.3, 0.4) is 0 Å². The van der Waals surface area contributed by atoms with Crippen LogP contribution in [0.4, 0.5) is 5.82 Å². The number of nitrogens with one attached hydrogen (secondary N) is 3. The number of hydrogen-bond donors (Lipinski definition) is 4. The molecule has 1 saturated heterocycles. The van der Waals surface area contributed by atoms with E-state index in [0.29, 0.717) is 36.0 Å². The fourth-order valence-electron chi connectivity index (χ4n) is 4.75. The van der Waals surface area contributed by atoms with Crippen molar-refractivity contribution < 1.29 is 24.2 Å². The number of carbonyl (C=O) groups excluding carboxylic acids is 2. The molecule has 0 saturated carbocycles. The number of piperidine rings is 1. The number of aryl methyl sites for hydroxylation is 1. The summed E-state index contributed by atoms with van der Waals surface area (Å²) in [5, 5.41) is 16.2. The fraction of sp³-hybridized carbons (Fsp3) is 0.357. The lowest BCUT2D eigenvalue weighted by Gasteiger charge is -2.38. The van der Waals surface area contributed by atoms with Crippen LogP contribution in [0.25, 0.3) is 0 Å². The normalized spacial score (nSPS) is 17.4. The summed E-state index contributed by atoms with van der Waals surface area (Å²) in [4.78, 5) is 47.3. The Labute approximate surface area is 242 Å². The average Bonchev–Trinajstić information content (AvgIpc) is 3.20. The highest BCUT2D eigenvalue weighted by molar-refractivity contribution is 6.44. The van der Waals surface area contributed by atoms with Gasteiger partial charge in [-0.15, -0.1) is 0 Å². The molecule has 212 valence electrons. The fourth-order valence-corrected chi connectivity index (χ4v) is 5.17. The zero-order valence-corrected chi connectivity index (χ0v) is 24.1. The van der Waals surface area contributed by atoms with E-state index in [1.807, 2.05) is 49.1 Å². The highest BCUT2D eigenvalue weighted by Crippen LogP contribution is 2.30. The van der Waals surface area contributed by atoms with Gasteiger partial charge in [0.2, 0.25) is 0 Å². The van der Waals surface area contributed by atoms with Crippen molar-refractivity contribution in [2.45, 2.75) is 44.9 Å². The van der Waals surface area contributed by atoms with Crippen molar-refractivity contribution in [3.63, 3.8) is 0 Å². The van der Waals surface area contributed by atoms with Gasteiger partial charge in [-0.25, -0.2) is 9.78 Å². The lowest BCUT2D eigenvalue weighted by Crippen LogP contribution is -2.55. The third kappa shape index (κ3) is 6.09. The number of carboxylic acid groups (broad SMARTS) is 1. The lowest BCUT2D eigenvalue weighted by molar-refractivity contribution is 0.0538. The molecule has 3 aromatic rings. The summed E-state index contributed by atoms with van der Waals surface area (Å²) in [5.41, 5.74) is 0.711. The van der Waals surface area contributed by atoms with Gasteiger partial charge in [-0.3, -0.25) is 9.59 Å². The van der Waals surface area contributed by atoms with Crippen molar-refractivity contribution in [1.29, 1.82) is 0 Å². The van der Waals surface area contributed by atoms with E-state index in [2.05, 4.69) is 20.6 Å². The Kier molecular flexibility index (Phi) is 8.72. The number of carbonyl (C=O) groups is 3. The first-order valence-electron chi connectivity index (χ1n) is 12.7. The Morgan fingerprint density at radius 1 is 1.12 bits per heavy atom. The number of nitrogens with zero attached hydrogens (tertiary/aromatic N) is 2. The van der Waals surface area contributed by atoms with Gasteiger partial charge in [0.25, 0.3) is 11.8 Å².